The van der Waals surface area contributed by atoms with Gasteiger partial charge in [0.15, 0.2) is 0 Å². The zero-order valence-electron chi connectivity index (χ0n) is 8.30. The summed E-state index contributed by atoms with van der Waals surface area (Å²) in [5.74, 6) is 0. The second kappa shape index (κ2) is 5.17. The van der Waals surface area contributed by atoms with E-state index in [9.17, 15) is 0 Å². The lowest BCUT2D eigenvalue weighted by Gasteiger charge is -2.11. The minimum absolute atomic E-state index is 0.306. The first-order valence-electron chi connectivity index (χ1n) is 5.02. The standard InChI is InChI=1S/C11H13Cl2NO/c12-9-1-2-11(13)8(5-9)7-15-10-3-4-14-6-10/h1-2,5,10,14H,3-4,6-7H2/t10-/m0/s1. The highest BCUT2D eigenvalue weighted by Gasteiger charge is 2.15. The van der Waals surface area contributed by atoms with Crippen molar-refractivity contribution < 1.29 is 4.74 Å². The van der Waals surface area contributed by atoms with Crippen molar-refractivity contribution in [1.82, 2.24) is 5.32 Å². The smallest absolute Gasteiger partial charge is 0.0736 e. The Bertz CT molecular complexity index is 337. The zero-order chi connectivity index (χ0) is 10.7. The molecule has 1 fully saturated rings. The topological polar surface area (TPSA) is 21.3 Å². The molecular formula is C11H13Cl2NO. The Balaban J connectivity index is 1.94. The molecule has 1 aromatic carbocycles. The number of hydrogen-bond donors (Lipinski definition) is 1. The molecule has 0 unspecified atom stereocenters. The van der Waals surface area contributed by atoms with E-state index in [2.05, 4.69) is 5.32 Å². The monoisotopic (exact) mass is 245 g/mol. The Hall–Kier alpha value is -0.280. The Morgan fingerprint density at radius 2 is 2.27 bits per heavy atom. The average molecular weight is 246 g/mol. The van der Waals surface area contributed by atoms with Crippen LogP contribution in [0.3, 0.4) is 0 Å². The number of hydrogen-bond acceptors (Lipinski definition) is 2. The fraction of sp³-hybridized carbons (Fsp3) is 0.455. The summed E-state index contributed by atoms with van der Waals surface area (Å²) < 4.78 is 5.72. The van der Waals surface area contributed by atoms with E-state index in [1.807, 2.05) is 6.07 Å². The van der Waals surface area contributed by atoms with Gasteiger partial charge < -0.3 is 10.1 Å². The van der Waals surface area contributed by atoms with Crippen LogP contribution >= 0.6 is 23.2 Å². The summed E-state index contributed by atoms with van der Waals surface area (Å²) in [4.78, 5) is 0. The highest BCUT2D eigenvalue weighted by Crippen LogP contribution is 2.22. The molecule has 1 aliphatic heterocycles. The van der Waals surface area contributed by atoms with Crippen LogP contribution in [0.5, 0.6) is 0 Å². The van der Waals surface area contributed by atoms with Gasteiger partial charge in [0.05, 0.1) is 12.7 Å². The first kappa shape index (κ1) is 11.2. The van der Waals surface area contributed by atoms with Crippen molar-refractivity contribution in [3.8, 4) is 0 Å². The van der Waals surface area contributed by atoms with Gasteiger partial charge >= 0.3 is 0 Å². The largest absolute Gasteiger partial charge is 0.372 e. The van der Waals surface area contributed by atoms with Gasteiger partial charge in [0.2, 0.25) is 0 Å². The second-order valence-electron chi connectivity index (χ2n) is 3.66. The molecule has 1 atom stereocenters. The number of nitrogens with one attached hydrogen (secondary N) is 1. The first-order chi connectivity index (χ1) is 7.25. The van der Waals surface area contributed by atoms with Gasteiger partial charge in [0, 0.05) is 16.6 Å². The van der Waals surface area contributed by atoms with Gasteiger partial charge in [-0.2, -0.15) is 0 Å². The van der Waals surface area contributed by atoms with Crippen molar-refractivity contribution >= 4 is 23.2 Å². The van der Waals surface area contributed by atoms with Crippen LogP contribution in [0.4, 0.5) is 0 Å². The van der Waals surface area contributed by atoms with E-state index in [0.717, 1.165) is 25.1 Å². The maximum Gasteiger partial charge on any atom is 0.0736 e. The maximum absolute atomic E-state index is 6.03. The Kier molecular flexibility index (Phi) is 3.87. The van der Waals surface area contributed by atoms with Gasteiger partial charge in [0.25, 0.3) is 0 Å². The minimum atomic E-state index is 0.306. The van der Waals surface area contributed by atoms with Crippen LogP contribution in [0.2, 0.25) is 10.0 Å². The van der Waals surface area contributed by atoms with Crippen LogP contribution in [-0.4, -0.2) is 19.2 Å². The number of halogens is 2. The van der Waals surface area contributed by atoms with E-state index in [0.29, 0.717) is 22.8 Å². The van der Waals surface area contributed by atoms with Crippen molar-refractivity contribution in [2.45, 2.75) is 19.1 Å². The molecule has 1 aromatic rings. The number of benzene rings is 1. The summed E-state index contributed by atoms with van der Waals surface area (Å²) >= 11 is 11.9. The molecule has 0 bridgehead atoms. The zero-order valence-corrected chi connectivity index (χ0v) is 9.81. The first-order valence-corrected chi connectivity index (χ1v) is 5.77. The van der Waals surface area contributed by atoms with Crippen LogP contribution < -0.4 is 5.32 Å². The van der Waals surface area contributed by atoms with Crippen LogP contribution in [0.1, 0.15) is 12.0 Å². The van der Waals surface area contributed by atoms with Gasteiger partial charge in [-0.25, -0.2) is 0 Å². The third-order valence-corrected chi connectivity index (χ3v) is 3.10. The van der Waals surface area contributed by atoms with Crippen LogP contribution in [0, 0.1) is 0 Å². The highest BCUT2D eigenvalue weighted by molar-refractivity contribution is 6.33. The van der Waals surface area contributed by atoms with Crippen LogP contribution in [0.25, 0.3) is 0 Å². The summed E-state index contributed by atoms with van der Waals surface area (Å²) in [6.07, 6.45) is 1.37. The summed E-state index contributed by atoms with van der Waals surface area (Å²) in [6.45, 7) is 2.50. The van der Waals surface area contributed by atoms with E-state index < -0.39 is 0 Å². The van der Waals surface area contributed by atoms with E-state index in [1.165, 1.54) is 0 Å². The van der Waals surface area contributed by atoms with E-state index in [1.54, 1.807) is 12.1 Å². The number of rotatable bonds is 3. The van der Waals surface area contributed by atoms with Crippen molar-refractivity contribution in [2.75, 3.05) is 13.1 Å². The molecule has 0 amide bonds. The Morgan fingerprint density at radius 1 is 1.40 bits per heavy atom. The lowest BCUT2D eigenvalue weighted by atomic mass is 10.2. The molecule has 1 N–H and O–H groups in total. The van der Waals surface area contributed by atoms with Gasteiger partial charge in [0.1, 0.15) is 0 Å². The summed E-state index contributed by atoms with van der Waals surface area (Å²) in [6, 6.07) is 5.44. The van der Waals surface area contributed by atoms with Crippen LogP contribution in [-0.2, 0) is 11.3 Å². The molecule has 2 nitrogen and oxygen atoms in total. The molecule has 0 radical (unpaired) electrons. The maximum atomic E-state index is 6.03. The normalized spacial score (nSPS) is 20.8. The molecule has 0 spiro atoms. The predicted octanol–water partition coefficient (Wildman–Crippen LogP) is 2.87. The van der Waals surface area contributed by atoms with E-state index in [4.69, 9.17) is 27.9 Å². The molecule has 0 aromatic heterocycles. The van der Waals surface area contributed by atoms with Crippen molar-refractivity contribution in [2.24, 2.45) is 0 Å². The molecule has 15 heavy (non-hydrogen) atoms. The molecule has 4 heteroatoms. The van der Waals surface area contributed by atoms with Gasteiger partial charge in [-0.1, -0.05) is 23.2 Å². The van der Waals surface area contributed by atoms with Crippen molar-refractivity contribution in [3.63, 3.8) is 0 Å². The van der Waals surface area contributed by atoms with Crippen molar-refractivity contribution in [3.05, 3.63) is 33.8 Å². The lowest BCUT2D eigenvalue weighted by molar-refractivity contribution is 0.0543. The van der Waals surface area contributed by atoms with Gasteiger partial charge in [-0.05, 0) is 36.7 Å². The minimum Gasteiger partial charge on any atom is -0.372 e. The molecular weight excluding hydrogens is 233 g/mol. The molecule has 1 heterocycles. The van der Waals surface area contributed by atoms with Gasteiger partial charge in [-0.3, -0.25) is 0 Å². The average Bonchev–Trinajstić information content (AvgIpc) is 2.72. The Morgan fingerprint density at radius 3 is 3.00 bits per heavy atom. The SMILES string of the molecule is Clc1ccc(Cl)c(CO[C@H]2CCNC2)c1. The van der Waals surface area contributed by atoms with Crippen LogP contribution in [0.15, 0.2) is 18.2 Å². The fourth-order valence-corrected chi connectivity index (χ4v) is 2.00. The molecule has 0 aliphatic carbocycles. The molecule has 2 rings (SSSR count). The highest BCUT2D eigenvalue weighted by atomic mass is 35.5. The lowest BCUT2D eigenvalue weighted by Crippen LogP contribution is -2.16. The summed E-state index contributed by atoms with van der Waals surface area (Å²) in [7, 11) is 0. The molecule has 82 valence electrons. The summed E-state index contributed by atoms with van der Waals surface area (Å²) in [5.41, 5.74) is 0.955. The molecule has 1 saturated heterocycles. The summed E-state index contributed by atoms with van der Waals surface area (Å²) in [5, 5.41) is 4.66. The number of ether oxygens (including phenoxy) is 1. The quantitative estimate of drug-likeness (QED) is 0.885. The second-order valence-corrected chi connectivity index (χ2v) is 4.51. The van der Waals surface area contributed by atoms with Gasteiger partial charge in [-0.15, -0.1) is 0 Å². The fourth-order valence-electron chi connectivity index (χ4n) is 1.63. The Labute approximate surface area is 99.5 Å². The van der Waals surface area contributed by atoms with Crippen molar-refractivity contribution in [1.29, 1.82) is 0 Å². The third-order valence-electron chi connectivity index (χ3n) is 2.50. The van der Waals surface area contributed by atoms with E-state index in [-0.39, 0.29) is 0 Å². The predicted molar refractivity (Wildman–Crippen MR) is 62.5 cm³/mol. The molecule has 0 saturated carbocycles. The van der Waals surface area contributed by atoms with E-state index >= 15 is 0 Å². The molecule has 1 aliphatic rings. The third kappa shape index (κ3) is 3.08.